The summed E-state index contributed by atoms with van der Waals surface area (Å²) in [5.74, 6) is 1.66. The van der Waals surface area contributed by atoms with E-state index in [1.807, 2.05) is 4.68 Å². The highest BCUT2D eigenvalue weighted by Crippen LogP contribution is 2.30. The van der Waals surface area contributed by atoms with Gasteiger partial charge < -0.3 is 4.74 Å². The van der Waals surface area contributed by atoms with Crippen LogP contribution in [0.15, 0.2) is 0 Å². The molecule has 8 heteroatoms. The van der Waals surface area contributed by atoms with Gasteiger partial charge >= 0.3 is 0 Å². The van der Waals surface area contributed by atoms with Crippen LogP contribution in [-0.4, -0.2) is 74.9 Å². The molecule has 3 fully saturated rings. The summed E-state index contributed by atoms with van der Waals surface area (Å²) in [5.41, 5.74) is 0. The van der Waals surface area contributed by atoms with Gasteiger partial charge in [0.15, 0.2) is 5.82 Å². The Bertz CT molecular complexity index is 577. The Morgan fingerprint density at radius 1 is 1.04 bits per heavy atom. The topological polar surface area (TPSA) is 59.3 Å². The summed E-state index contributed by atoms with van der Waals surface area (Å²) in [4.78, 5) is 5.36. The molecule has 0 radical (unpaired) electrons. The van der Waals surface area contributed by atoms with Crippen molar-refractivity contribution < 1.29 is 4.74 Å². The van der Waals surface area contributed by atoms with Crippen LogP contribution in [0.5, 0.6) is 0 Å². The van der Waals surface area contributed by atoms with Gasteiger partial charge in [-0.1, -0.05) is 26.7 Å². The lowest BCUT2D eigenvalue weighted by Crippen LogP contribution is -2.51. The maximum Gasteiger partial charge on any atom is 0.168 e. The lowest BCUT2D eigenvalue weighted by atomic mass is 10.0. The van der Waals surface area contributed by atoms with Crippen LogP contribution >= 0.6 is 12.4 Å². The highest BCUT2D eigenvalue weighted by Gasteiger charge is 2.33. The van der Waals surface area contributed by atoms with Gasteiger partial charge in [-0.3, -0.25) is 9.80 Å². The molecule has 1 aromatic rings. The summed E-state index contributed by atoms with van der Waals surface area (Å²) in [6.07, 6.45) is 9.28. The van der Waals surface area contributed by atoms with Gasteiger partial charge in [0.1, 0.15) is 0 Å². The number of nitrogens with zero attached hydrogens (tertiary/aromatic N) is 6. The van der Waals surface area contributed by atoms with Crippen LogP contribution < -0.4 is 0 Å². The first-order valence-electron chi connectivity index (χ1n) is 11.1. The summed E-state index contributed by atoms with van der Waals surface area (Å²) in [6.45, 7) is 10.9. The van der Waals surface area contributed by atoms with Crippen LogP contribution in [0.3, 0.4) is 0 Å². The van der Waals surface area contributed by atoms with E-state index in [4.69, 9.17) is 4.74 Å². The second kappa shape index (κ2) is 10.3. The fourth-order valence-electron chi connectivity index (χ4n) is 5.11. The third kappa shape index (κ3) is 5.23. The van der Waals surface area contributed by atoms with E-state index < -0.39 is 0 Å². The first-order valence-corrected chi connectivity index (χ1v) is 11.1. The molecule has 1 saturated carbocycles. The number of halogens is 1. The van der Waals surface area contributed by atoms with Gasteiger partial charge in [0, 0.05) is 38.8 Å². The molecule has 3 heterocycles. The van der Waals surface area contributed by atoms with E-state index >= 15 is 0 Å². The molecule has 0 bridgehead atoms. The summed E-state index contributed by atoms with van der Waals surface area (Å²) in [7, 11) is 0. The smallest absolute Gasteiger partial charge is 0.168 e. The summed E-state index contributed by atoms with van der Waals surface area (Å²) in [6, 6.07) is 1.15. The molecule has 4 rings (SSSR count). The molecule has 0 aromatic carbocycles. The van der Waals surface area contributed by atoms with Gasteiger partial charge in [0.05, 0.1) is 18.7 Å². The van der Waals surface area contributed by atoms with Gasteiger partial charge in [-0.15, -0.1) is 17.5 Å². The van der Waals surface area contributed by atoms with Crippen molar-refractivity contribution in [3.63, 3.8) is 0 Å². The van der Waals surface area contributed by atoms with Crippen molar-refractivity contribution in [3.8, 4) is 0 Å². The number of tetrazole rings is 1. The van der Waals surface area contributed by atoms with E-state index in [9.17, 15) is 0 Å². The Balaban J connectivity index is 0.00000225. The highest BCUT2D eigenvalue weighted by atomic mass is 35.5. The SMILES string of the molecule is CC(C)CC(c1nnnn1CC1CCCO1)N1CCN(C2CCCC2)CC1.Cl. The Morgan fingerprint density at radius 3 is 2.43 bits per heavy atom. The third-order valence-corrected chi connectivity index (χ3v) is 6.58. The zero-order valence-electron chi connectivity index (χ0n) is 17.5. The molecule has 0 spiro atoms. The van der Waals surface area contributed by atoms with Crippen LogP contribution in [0, 0.1) is 5.92 Å². The molecule has 1 aromatic heterocycles. The molecule has 1 aliphatic carbocycles. The summed E-state index contributed by atoms with van der Waals surface area (Å²) in [5, 5.41) is 12.8. The molecule has 160 valence electrons. The van der Waals surface area contributed by atoms with E-state index in [1.165, 1.54) is 38.8 Å². The Labute approximate surface area is 175 Å². The minimum absolute atomic E-state index is 0. The molecule has 2 unspecified atom stereocenters. The lowest BCUT2D eigenvalue weighted by molar-refractivity contribution is 0.0552. The number of ether oxygens (including phenoxy) is 1. The molecule has 7 nitrogen and oxygen atoms in total. The van der Waals surface area contributed by atoms with Gasteiger partial charge in [0.2, 0.25) is 0 Å². The molecule has 2 atom stereocenters. The minimum Gasteiger partial charge on any atom is -0.376 e. The van der Waals surface area contributed by atoms with Gasteiger partial charge in [-0.25, -0.2) is 4.68 Å². The van der Waals surface area contributed by atoms with Crippen molar-refractivity contribution in [2.24, 2.45) is 5.92 Å². The summed E-state index contributed by atoms with van der Waals surface area (Å²) < 4.78 is 7.84. The zero-order valence-corrected chi connectivity index (χ0v) is 18.3. The Hall–Kier alpha value is -0.760. The molecule has 0 N–H and O–H groups in total. The maximum atomic E-state index is 5.82. The van der Waals surface area contributed by atoms with Crippen LogP contribution in [-0.2, 0) is 11.3 Å². The molecule has 3 aliphatic rings. The van der Waals surface area contributed by atoms with Crippen molar-refractivity contribution in [3.05, 3.63) is 5.82 Å². The normalized spacial score (nSPS) is 26.0. The largest absolute Gasteiger partial charge is 0.376 e. The van der Waals surface area contributed by atoms with Crippen LogP contribution in [0.1, 0.15) is 70.7 Å². The molecule has 2 saturated heterocycles. The van der Waals surface area contributed by atoms with Gasteiger partial charge in [-0.05, 0) is 48.4 Å². The van der Waals surface area contributed by atoms with Crippen LogP contribution in [0.4, 0.5) is 0 Å². The van der Waals surface area contributed by atoms with E-state index in [2.05, 4.69) is 39.2 Å². The molecular weight excluding hydrogens is 376 g/mol. The van der Waals surface area contributed by atoms with Crippen LogP contribution in [0.2, 0.25) is 0 Å². The fraction of sp³-hybridized carbons (Fsp3) is 0.950. The number of rotatable bonds is 7. The Morgan fingerprint density at radius 2 is 1.79 bits per heavy atom. The second-order valence-electron chi connectivity index (χ2n) is 9.01. The van der Waals surface area contributed by atoms with E-state index in [0.29, 0.717) is 12.0 Å². The van der Waals surface area contributed by atoms with Crippen molar-refractivity contribution >= 4 is 12.4 Å². The van der Waals surface area contributed by atoms with Crippen molar-refractivity contribution in [1.82, 2.24) is 30.0 Å². The third-order valence-electron chi connectivity index (χ3n) is 6.58. The van der Waals surface area contributed by atoms with E-state index in [-0.39, 0.29) is 18.5 Å². The number of aromatic nitrogens is 4. The number of hydrogen-bond donors (Lipinski definition) is 0. The first-order chi connectivity index (χ1) is 13.2. The van der Waals surface area contributed by atoms with Crippen molar-refractivity contribution in [2.75, 3.05) is 32.8 Å². The van der Waals surface area contributed by atoms with E-state index in [0.717, 1.165) is 57.4 Å². The number of piperazine rings is 1. The fourth-order valence-corrected chi connectivity index (χ4v) is 5.11. The average molecular weight is 413 g/mol. The summed E-state index contributed by atoms with van der Waals surface area (Å²) >= 11 is 0. The minimum atomic E-state index is 0. The van der Waals surface area contributed by atoms with Gasteiger partial charge in [-0.2, -0.15) is 0 Å². The lowest BCUT2D eigenvalue weighted by Gasteiger charge is -2.41. The molecule has 28 heavy (non-hydrogen) atoms. The van der Waals surface area contributed by atoms with Crippen LogP contribution in [0.25, 0.3) is 0 Å². The van der Waals surface area contributed by atoms with Gasteiger partial charge in [0.25, 0.3) is 0 Å². The monoisotopic (exact) mass is 412 g/mol. The predicted molar refractivity (Wildman–Crippen MR) is 112 cm³/mol. The van der Waals surface area contributed by atoms with Crippen molar-refractivity contribution in [1.29, 1.82) is 0 Å². The maximum absolute atomic E-state index is 5.82. The molecule has 2 aliphatic heterocycles. The van der Waals surface area contributed by atoms with E-state index in [1.54, 1.807) is 0 Å². The highest BCUT2D eigenvalue weighted by molar-refractivity contribution is 5.85. The molecule has 0 amide bonds. The number of hydrogen-bond acceptors (Lipinski definition) is 6. The first kappa shape index (κ1) is 21.9. The molecular formula is C20H37ClN6O. The zero-order chi connectivity index (χ0) is 18.6. The predicted octanol–water partition coefficient (Wildman–Crippen LogP) is 2.92. The average Bonchev–Trinajstić information content (AvgIpc) is 3.43. The van der Waals surface area contributed by atoms with Crippen molar-refractivity contribution in [2.45, 2.75) is 83.5 Å². The standard InChI is InChI=1S/C20H36N6O.ClH/c1-16(2)14-19(20-21-22-23-26(20)15-18-8-5-13-27-18)25-11-9-24(10-12-25)17-6-3-4-7-17;/h16-19H,3-15H2,1-2H3;1H. The Kier molecular flexibility index (Phi) is 8.09. The second-order valence-corrected chi connectivity index (χ2v) is 9.01. The quantitative estimate of drug-likeness (QED) is 0.686.